The lowest BCUT2D eigenvalue weighted by atomic mass is 10.1. The van der Waals surface area contributed by atoms with Crippen LogP contribution < -0.4 is 10.6 Å². The summed E-state index contributed by atoms with van der Waals surface area (Å²) in [6.45, 7) is 3.69. The number of rotatable bonds is 2. The topological polar surface area (TPSA) is 46.3 Å². The molecule has 0 bridgehead atoms. The molecule has 2 N–H and O–H groups in total. The molecule has 0 saturated carbocycles. The molecule has 1 aliphatic heterocycles. The van der Waals surface area contributed by atoms with Gasteiger partial charge in [0.15, 0.2) is 0 Å². The first-order chi connectivity index (χ1) is 8.08. The second kappa shape index (κ2) is 5.50. The number of hydrogen-bond acceptors (Lipinski definition) is 3. The van der Waals surface area contributed by atoms with Gasteiger partial charge in [0, 0.05) is 51.6 Å². The van der Waals surface area contributed by atoms with Gasteiger partial charge in [0.25, 0.3) is 0 Å². The van der Waals surface area contributed by atoms with Crippen LogP contribution >= 0.6 is 15.9 Å². The minimum atomic E-state index is -0.642. The quantitative estimate of drug-likeness (QED) is 0.908. The van der Waals surface area contributed by atoms with Crippen molar-refractivity contribution in [3.63, 3.8) is 0 Å². The minimum Gasteiger partial charge on any atom is -0.369 e. The van der Waals surface area contributed by atoms with Gasteiger partial charge in [-0.25, -0.2) is 0 Å². The second-order valence-corrected chi connectivity index (χ2v) is 6.94. The summed E-state index contributed by atoms with van der Waals surface area (Å²) in [7, 11) is -0.642. The van der Waals surface area contributed by atoms with Crippen molar-refractivity contribution in [1.82, 2.24) is 0 Å². The van der Waals surface area contributed by atoms with Gasteiger partial charge in [-0.15, -0.1) is 0 Å². The van der Waals surface area contributed by atoms with Crippen molar-refractivity contribution in [2.75, 3.05) is 29.5 Å². The highest BCUT2D eigenvalue weighted by Crippen LogP contribution is 2.29. The van der Waals surface area contributed by atoms with E-state index in [1.165, 1.54) is 5.69 Å². The number of hydrogen-bond donors (Lipinski definition) is 1. The average Bonchev–Trinajstić information content (AvgIpc) is 2.29. The summed E-state index contributed by atoms with van der Waals surface area (Å²) in [6.07, 6.45) is 0. The van der Waals surface area contributed by atoms with E-state index >= 15 is 0 Å². The van der Waals surface area contributed by atoms with E-state index < -0.39 is 10.8 Å². The molecule has 0 aliphatic carbocycles. The number of nitrogens with two attached hydrogens (primary N) is 1. The predicted octanol–water partition coefficient (Wildman–Crippen LogP) is 2.04. The minimum absolute atomic E-state index is 0.0190. The summed E-state index contributed by atoms with van der Waals surface area (Å²) in [5.74, 6) is 1.51. The van der Waals surface area contributed by atoms with E-state index in [-0.39, 0.29) is 6.04 Å². The van der Waals surface area contributed by atoms with Gasteiger partial charge < -0.3 is 10.6 Å². The highest BCUT2D eigenvalue weighted by molar-refractivity contribution is 9.10. The fourth-order valence-corrected chi connectivity index (χ4v) is 3.46. The van der Waals surface area contributed by atoms with Crippen LogP contribution in [0.1, 0.15) is 18.5 Å². The van der Waals surface area contributed by atoms with E-state index in [0.29, 0.717) is 0 Å². The van der Waals surface area contributed by atoms with E-state index in [1.54, 1.807) is 0 Å². The molecule has 1 atom stereocenters. The molecule has 0 radical (unpaired) electrons. The Hall–Kier alpha value is -0.390. The van der Waals surface area contributed by atoms with E-state index in [1.807, 2.05) is 13.0 Å². The summed E-state index contributed by atoms with van der Waals surface area (Å²) in [5, 5.41) is 0. The van der Waals surface area contributed by atoms with Crippen LogP contribution in [0.2, 0.25) is 0 Å². The van der Waals surface area contributed by atoms with Crippen molar-refractivity contribution in [3.05, 3.63) is 28.2 Å². The van der Waals surface area contributed by atoms with Gasteiger partial charge in [0.05, 0.1) is 0 Å². The van der Waals surface area contributed by atoms with E-state index in [2.05, 4.69) is 33.0 Å². The van der Waals surface area contributed by atoms with Gasteiger partial charge in [-0.2, -0.15) is 0 Å². The summed E-state index contributed by atoms with van der Waals surface area (Å²) in [6, 6.07) is 6.21. The smallest absolute Gasteiger partial charge is 0.0426 e. The van der Waals surface area contributed by atoms with Gasteiger partial charge in [0.1, 0.15) is 0 Å². The Kier molecular flexibility index (Phi) is 4.22. The Morgan fingerprint density at radius 1 is 1.41 bits per heavy atom. The van der Waals surface area contributed by atoms with Crippen molar-refractivity contribution in [2.45, 2.75) is 13.0 Å². The Morgan fingerprint density at radius 2 is 2.06 bits per heavy atom. The van der Waals surface area contributed by atoms with Gasteiger partial charge >= 0.3 is 0 Å². The molecule has 1 unspecified atom stereocenters. The van der Waals surface area contributed by atoms with E-state index in [9.17, 15) is 4.21 Å². The lowest BCUT2D eigenvalue weighted by Crippen LogP contribution is -2.38. The van der Waals surface area contributed by atoms with Crippen molar-refractivity contribution in [3.8, 4) is 0 Å². The fourth-order valence-electron chi connectivity index (χ4n) is 2.05. The highest BCUT2D eigenvalue weighted by Gasteiger charge is 2.19. The predicted molar refractivity (Wildman–Crippen MR) is 76.8 cm³/mol. The maximum absolute atomic E-state index is 11.4. The van der Waals surface area contributed by atoms with Crippen LogP contribution in [0.25, 0.3) is 0 Å². The van der Waals surface area contributed by atoms with Gasteiger partial charge in [-0.1, -0.05) is 22.0 Å². The van der Waals surface area contributed by atoms with Crippen LogP contribution in [-0.4, -0.2) is 28.8 Å². The molecule has 2 rings (SSSR count). The zero-order valence-electron chi connectivity index (χ0n) is 9.86. The molecule has 17 heavy (non-hydrogen) atoms. The Bertz CT molecular complexity index is 427. The van der Waals surface area contributed by atoms with Crippen LogP contribution in [0.15, 0.2) is 22.7 Å². The number of halogens is 1. The standard InChI is InChI=1S/C12H17BrN2OS/c1-9(14)11-3-2-10(13)8-12(11)15-4-6-17(16)7-5-15/h2-3,8-9H,4-7,14H2,1H3. The monoisotopic (exact) mass is 316 g/mol. The van der Waals surface area contributed by atoms with Gasteiger partial charge in [-0.3, -0.25) is 4.21 Å². The first-order valence-corrected chi connectivity index (χ1v) is 8.01. The van der Waals surface area contributed by atoms with Gasteiger partial charge in [0.2, 0.25) is 0 Å². The van der Waals surface area contributed by atoms with E-state index in [0.717, 1.165) is 34.6 Å². The molecule has 1 aliphatic rings. The summed E-state index contributed by atoms with van der Waals surface area (Å²) >= 11 is 3.50. The Balaban J connectivity index is 2.29. The van der Waals surface area contributed by atoms with Crippen molar-refractivity contribution < 1.29 is 4.21 Å². The molecule has 1 saturated heterocycles. The SMILES string of the molecule is CC(N)c1ccc(Br)cc1N1CCS(=O)CC1. The lowest BCUT2D eigenvalue weighted by Gasteiger charge is -2.31. The lowest BCUT2D eigenvalue weighted by molar-refractivity contribution is 0.672. The molecular formula is C12H17BrN2OS. The maximum atomic E-state index is 11.4. The number of anilines is 1. The molecule has 0 spiro atoms. The first kappa shape index (κ1) is 13.1. The van der Waals surface area contributed by atoms with Crippen LogP contribution in [-0.2, 0) is 10.8 Å². The van der Waals surface area contributed by atoms with Crippen LogP contribution in [0, 0.1) is 0 Å². The molecule has 1 heterocycles. The van der Waals surface area contributed by atoms with Crippen molar-refractivity contribution in [2.24, 2.45) is 5.73 Å². The third-order valence-corrected chi connectivity index (χ3v) is 4.77. The molecule has 3 nitrogen and oxygen atoms in total. The Labute approximate surface area is 113 Å². The van der Waals surface area contributed by atoms with Crippen LogP contribution in [0.5, 0.6) is 0 Å². The zero-order chi connectivity index (χ0) is 12.4. The average molecular weight is 317 g/mol. The second-order valence-electron chi connectivity index (χ2n) is 4.33. The van der Waals surface area contributed by atoms with Crippen molar-refractivity contribution in [1.29, 1.82) is 0 Å². The molecule has 94 valence electrons. The normalized spacial score (nSPS) is 19.4. The number of nitrogens with zero attached hydrogens (tertiary/aromatic N) is 1. The molecular weight excluding hydrogens is 300 g/mol. The molecule has 0 amide bonds. The maximum Gasteiger partial charge on any atom is 0.0426 e. The largest absolute Gasteiger partial charge is 0.369 e. The van der Waals surface area contributed by atoms with Crippen LogP contribution in [0.4, 0.5) is 5.69 Å². The zero-order valence-corrected chi connectivity index (χ0v) is 12.3. The van der Waals surface area contributed by atoms with E-state index in [4.69, 9.17) is 5.73 Å². The Morgan fingerprint density at radius 3 is 2.65 bits per heavy atom. The van der Waals surface area contributed by atoms with Crippen molar-refractivity contribution >= 4 is 32.4 Å². The highest BCUT2D eigenvalue weighted by atomic mass is 79.9. The molecule has 1 aromatic carbocycles. The molecule has 1 fully saturated rings. The van der Waals surface area contributed by atoms with Gasteiger partial charge in [-0.05, 0) is 24.6 Å². The first-order valence-electron chi connectivity index (χ1n) is 5.73. The third-order valence-electron chi connectivity index (χ3n) is 3.00. The summed E-state index contributed by atoms with van der Waals surface area (Å²) in [5.41, 5.74) is 8.32. The third kappa shape index (κ3) is 3.09. The molecule has 5 heteroatoms. The number of benzene rings is 1. The molecule has 0 aromatic heterocycles. The fraction of sp³-hybridized carbons (Fsp3) is 0.500. The summed E-state index contributed by atoms with van der Waals surface area (Å²) < 4.78 is 12.4. The summed E-state index contributed by atoms with van der Waals surface area (Å²) in [4.78, 5) is 2.28. The van der Waals surface area contributed by atoms with Crippen LogP contribution in [0.3, 0.4) is 0 Å². The molecule has 1 aromatic rings.